The highest BCUT2D eigenvalue weighted by molar-refractivity contribution is 7.80. The van der Waals surface area contributed by atoms with Crippen LogP contribution in [0.1, 0.15) is 30.1 Å². The summed E-state index contributed by atoms with van der Waals surface area (Å²) < 4.78 is 29.4. The van der Waals surface area contributed by atoms with Gasteiger partial charge >= 0.3 is 5.97 Å². The smallest absolute Gasteiger partial charge is 0.335 e. The number of carboxylic acid groups (broad SMARTS) is 1. The summed E-state index contributed by atoms with van der Waals surface area (Å²) >= 11 is -2.58. The van der Waals surface area contributed by atoms with E-state index >= 15 is 0 Å². The van der Waals surface area contributed by atoms with E-state index in [0.717, 1.165) is 12.8 Å². The number of unbranched alkanes of at least 4 members (excludes halogenated alkanes) is 1. The number of furan rings is 1. The van der Waals surface area contributed by atoms with Gasteiger partial charge in [0, 0.05) is 34.6 Å². The zero-order valence-corrected chi connectivity index (χ0v) is 13.3. The number of carbonyl (C=O) groups is 1. The third-order valence-corrected chi connectivity index (χ3v) is 3.62. The van der Waals surface area contributed by atoms with Crippen molar-refractivity contribution in [2.45, 2.75) is 19.8 Å². The Bertz CT molecular complexity index is 700. The van der Waals surface area contributed by atoms with Gasteiger partial charge in [-0.05, 0) is 24.6 Å². The molecule has 0 amide bonds. The van der Waals surface area contributed by atoms with Crippen LogP contribution in [0.2, 0.25) is 0 Å². The summed E-state index contributed by atoms with van der Waals surface area (Å²) in [5.74, 6) is -1.14. The van der Waals surface area contributed by atoms with Gasteiger partial charge in [-0.25, -0.2) is 4.79 Å². The van der Waals surface area contributed by atoms with E-state index in [1.807, 2.05) is 6.92 Å². The fourth-order valence-corrected chi connectivity index (χ4v) is 2.53. The Hall–Kier alpha value is -2.32. The maximum atomic E-state index is 11.3. The molecule has 7 nitrogen and oxygen atoms in total. The molecule has 2 rings (SSSR count). The van der Waals surface area contributed by atoms with Crippen molar-refractivity contribution in [3.05, 3.63) is 36.3 Å². The molecule has 1 atom stereocenters. The third kappa shape index (κ3) is 4.33. The van der Waals surface area contributed by atoms with Gasteiger partial charge in [0.15, 0.2) is 0 Å². The molecule has 0 radical (unpaired) electrons. The van der Waals surface area contributed by atoms with Gasteiger partial charge in [0.1, 0.15) is 0 Å². The molecule has 1 heterocycles. The van der Waals surface area contributed by atoms with Gasteiger partial charge in [-0.15, -0.1) is 0 Å². The van der Waals surface area contributed by atoms with Gasteiger partial charge in [-0.3, -0.25) is 4.21 Å². The van der Waals surface area contributed by atoms with Crippen LogP contribution in [0.4, 0.5) is 11.4 Å². The quantitative estimate of drug-likeness (QED) is 0.504. The summed E-state index contributed by atoms with van der Waals surface area (Å²) in [6.45, 7) is 2.68. The van der Waals surface area contributed by atoms with Crippen molar-refractivity contribution in [3.8, 4) is 11.1 Å². The van der Waals surface area contributed by atoms with Gasteiger partial charge in [-0.2, -0.15) is 0 Å². The van der Waals surface area contributed by atoms with Gasteiger partial charge < -0.3 is 24.1 Å². The van der Waals surface area contributed by atoms with Crippen molar-refractivity contribution in [3.63, 3.8) is 0 Å². The highest BCUT2D eigenvalue weighted by Crippen LogP contribution is 2.37. The fraction of sp³-hybridized carbons (Fsp3) is 0.267. The van der Waals surface area contributed by atoms with Crippen LogP contribution in [-0.4, -0.2) is 26.4 Å². The lowest BCUT2D eigenvalue weighted by Crippen LogP contribution is -2.10. The molecule has 0 aliphatic heterocycles. The summed E-state index contributed by atoms with van der Waals surface area (Å²) in [5, 5.41) is 12.4. The van der Waals surface area contributed by atoms with E-state index in [-0.39, 0.29) is 11.3 Å². The second-order valence-electron chi connectivity index (χ2n) is 4.88. The predicted molar refractivity (Wildman–Crippen MR) is 87.0 cm³/mol. The number of anilines is 2. The number of aromatic carboxylic acids is 1. The van der Waals surface area contributed by atoms with E-state index in [1.165, 1.54) is 24.7 Å². The molecule has 8 heteroatoms. The van der Waals surface area contributed by atoms with E-state index in [2.05, 4.69) is 10.0 Å². The monoisotopic (exact) mass is 337 g/mol. The van der Waals surface area contributed by atoms with Gasteiger partial charge in [0.25, 0.3) is 0 Å². The second-order valence-corrected chi connectivity index (χ2v) is 5.55. The van der Waals surface area contributed by atoms with Crippen LogP contribution in [0.5, 0.6) is 0 Å². The second kappa shape index (κ2) is 7.80. The lowest BCUT2D eigenvalue weighted by Gasteiger charge is -2.18. The number of rotatable bonds is 8. The first-order valence-electron chi connectivity index (χ1n) is 7.06. The average molecular weight is 337 g/mol. The summed E-state index contributed by atoms with van der Waals surface area (Å²) in [6, 6.07) is 4.45. The minimum absolute atomic E-state index is 0.0100. The molecule has 23 heavy (non-hydrogen) atoms. The largest absolute Gasteiger partial charge is 0.755 e. The van der Waals surface area contributed by atoms with Crippen molar-refractivity contribution < 1.29 is 23.1 Å². The molecule has 0 fully saturated rings. The van der Waals surface area contributed by atoms with Crippen LogP contribution in [0.3, 0.4) is 0 Å². The lowest BCUT2D eigenvalue weighted by molar-refractivity contribution is 0.0697. The molecule has 0 aliphatic rings. The Balaban J connectivity index is 2.56. The lowest BCUT2D eigenvalue weighted by atomic mass is 10.0. The van der Waals surface area contributed by atoms with Crippen LogP contribution < -0.4 is 10.0 Å². The standard InChI is InChI=1S/C15H18N2O5S/c1-2-3-5-16-12-7-11(15(18)19)8-13(17-23(20)21)14(12)10-4-6-22-9-10/h4,6-9,16-17H,2-3,5H2,1H3,(H,18,19)(H,20,21)/p-1. The Kier molecular flexibility index (Phi) is 5.78. The first-order valence-corrected chi connectivity index (χ1v) is 8.14. The van der Waals surface area contributed by atoms with Crippen molar-refractivity contribution in [2.24, 2.45) is 0 Å². The molecule has 1 aromatic heterocycles. The van der Waals surface area contributed by atoms with Gasteiger partial charge in [0.05, 0.1) is 23.8 Å². The molecular formula is C15H17N2O5S-. The van der Waals surface area contributed by atoms with E-state index in [9.17, 15) is 18.7 Å². The number of hydrogen-bond acceptors (Lipinski definition) is 5. The molecule has 124 valence electrons. The number of hydrogen-bond donors (Lipinski definition) is 3. The summed E-state index contributed by atoms with van der Waals surface area (Å²) in [5.41, 5.74) is 1.90. The molecule has 0 spiro atoms. The zero-order chi connectivity index (χ0) is 16.8. The van der Waals surface area contributed by atoms with Crippen LogP contribution in [-0.2, 0) is 11.3 Å². The van der Waals surface area contributed by atoms with Crippen molar-refractivity contribution >= 4 is 28.6 Å². The first kappa shape index (κ1) is 17.0. The van der Waals surface area contributed by atoms with Crippen LogP contribution in [0.25, 0.3) is 11.1 Å². The summed E-state index contributed by atoms with van der Waals surface area (Å²) in [6.07, 6.45) is 4.81. The van der Waals surface area contributed by atoms with Gasteiger partial charge in [0.2, 0.25) is 0 Å². The molecule has 2 aromatic rings. The Labute approximate surface area is 136 Å². The normalized spacial score (nSPS) is 11.9. The molecule has 1 unspecified atom stereocenters. The number of nitrogens with one attached hydrogen (secondary N) is 2. The summed E-state index contributed by atoms with van der Waals surface area (Å²) in [7, 11) is 0. The van der Waals surface area contributed by atoms with Crippen LogP contribution in [0.15, 0.2) is 35.1 Å². The van der Waals surface area contributed by atoms with Gasteiger partial charge in [-0.1, -0.05) is 13.3 Å². The predicted octanol–water partition coefficient (Wildman–Crippen LogP) is 3.06. The summed E-state index contributed by atoms with van der Waals surface area (Å²) in [4.78, 5) is 11.3. The topological polar surface area (TPSA) is 115 Å². The zero-order valence-electron chi connectivity index (χ0n) is 12.5. The van der Waals surface area contributed by atoms with Crippen LogP contribution >= 0.6 is 0 Å². The molecule has 3 N–H and O–H groups in total. The van der Waals surface area contributed by atoms with E-state index < -0.39 is 17.2 Å². The molecule has 1 aromatic carbocycles. The van der Waals surface area contributed by atoms with E-state index in [4.69, 9.17) is 4.42 Å². The minimum Gasteiger partial charge on any atom is -0.755 e. The molecule has 0 aliphatic carbocycles. The third-order valence-electron chi connectivity index (χ3n) is 3.23. The van der Waals surface area contributed by atoms with E-state index in [1.54, 1.807) is 6.07 Å². The molecule has 0 saturated heterocycles. The molecule has 0 saturated carbocycles. The number of carboxylic acids is 1. The molecular weight excluding hydrogens is 320 g/mol. The maximum Gasteiger partial charge on any atom is 0.335 e. The Morgan fingerprint density at radius 1 is 1.39 bits per heavy atom. The Morgan fingerprint density at radius 3 is 2.70 bits per heavy atom. The molecule has 0 bridgehead atoms. The van der Waals surface area contributed by atoms with E-state index in [0.29, 0.717) is 23.4 Å². The maximum absolute atomic E-state index is 11.3. The van der Waals surface area contributed by atoms with Crippen LogP contribution in [0, 0.1) is 0 Å². The van der Waals surface area contributed by atoms with Crippen molar-refractivity contribution in [2.75, 3.05) is 16.6 Å². The highest BCUT2D eigenvalue weighted by Gasteiger charge is 2.17. The highest BCUT2D eigenvalue weighted by atomic mass is 32.2. The average Bonchev–Trinajstić information content (AvgIpc) is 3.00. The first-order chi connectivity index (χ1) is 11.0. The minimum atomic E-state index is -2.58. The SMILES string of the molecule is CCCCNc1cc(C(=O)O)cc(NS(=O)[O-])c1-c1ccoc1. The van der Waals surface area contributed by atoms with Crippen molar-refractivity contribution in [1.82, 2.24) is 0 Å². The Morgan fingerprint density at radius 2 is 2.13 bits per heavy atom. The van der Waals surface area contributed by atoms with Crippen molar-refractivity contribution in [1.29, 1.82) is 0 Å². The number of benzene rings is 1. The fourth-order valence-electron chi connectivity index (χ4n) is 2.19.